The molecule has 0 spiro atoms. The SMILES string of the molecule is CC1N=CC(Cl)/C1=C/C(CNCc1ccncc1)C(C)F. The van der Waals surface area contributed by atoms with Crippen LogP contribution < -0.4 is 5.32 Å². The third kappa shape index (κ3) is 4.61. The second kappa shape index (κ2) is 7.66. The highest BCUT2D eigenvalue weighted by Crippen LogP contribution is 2.24. The number of pyridine rings is 1. The average molecular weight is 310 g/mol. The van der Waals surface area contributed by atoms with Gasteiger partial charge < -0.3 is 5.32 Å². The topological polar surface area (TPSA) is 37.3 Å². The fourth-order valence-corrected chi connectivity index (χ4v) is 2.64. The largest absolute Gasteiger partial charge is 0.312 e. The maximum atomic E-state index is 13.8. The third-order valence-electron chi connectivity index (χ3n) is 3.70. The van der Waals surface area contributed by atoms with Gasteiger partial charge in [-0.1, -0.05) is 6.08 Å². The highest BCUT2D eigenvalue weighted by atomic mass is 35.5. The first-order chi connectivity index (χ1) is 10.1. The molecule has 0 aromatic carbocycles. The van der Waals surface area contributed by atoms with Crippen LogP contribution in [0.15, 0.2) is 41.2 Å². The first-order valence-electron chi connectivity index (χ1n) is 7.20. The number of hydrogen-bond acceptors (Lipinski definition) is 3. The van der Waals surface area contributed by atoms with Crippen molar-refractivity contribution in [3.63, 3.8) is 0 Å². The van der Waals surface area contributed by atoms with Gasteiger partial charge in [0.2, 0.25) is 0 Å². The molecule has 0 fully saturated rings. The summed E-state index contributed by atoms with van der Waals surface area (Å²) >= 11 is 6.18. The van der Waals surface area contributed by atoms with E-state index in [4.69, 9.17) is 11.6 Å². The van der Waals surface area contributed by atoms with Crippen LogP contribution in [0, 0.1) is 5.92 Å². The van der Waals surface area contributed by atoms with E-state index >= 15 is 0 Å². The molecule has 5 heteroatoms. The Kier molecular flexibility index (Phi) is 5.88. The average Bonchev–Trinajstić information content (AvgIpc) is 2.78. The summed E-state index contributed by atoms with van der Waals surface area (Å²) in [5, 5.41) is 3.08. The number of hydrogen-bond donors (Lipinski definition) is 1. The van der Waals surface area contributed by atoms with E-state index in [1.807, 2.05) is 25.1 Å². The van der Waals surface area contributed by atoms with Gasteiger partial charge in [0.1, 0.15) is 6.17 Å². The zero-order valence-electron chi connectivity index (χ0n) is 12.3. The van der Waals surface area contributed by atoms with Crippen LogP contribution in [0.1, 0.15) is 19.4 Å². The van der Waals surface area contributed by atoms with Gasteiger partial charge in [-0.2, -0.15) is 0 Å². The molecule has 3 nitrogen and oxygen atoms in total. The molecule has 114 valence electrons. The molecule has 0 radical (unpaired) electrons. The van der Waals surface area contributed by atoms with Crippen molar-refractivity contribution in [1.82, 2.24) is 10.3 Å². The quantitative estimate of drug-likeness (QED) is 0.647. The lowest BCUT2D eigenvalue weighted by molar-refractivity contribution is 0.278. The summed E-state index contributed by atoms with van der Waals surface area (Å²) in [5.74, 6) is -0.202. The Hall–Kier alpha value is -1.26. The van der Waals surface area contributed by atoms with Crippen LogP contribution in [0.3, 0.4) is 0 Å². The fraction of sp³-hybridized carbons (Fsp3) is 0.500. The molecule has 0 bridgehead atoms. The predicted molar refractivity (Wildman–Crippen MR) is 85.7 cm³/mol. The van der Waals surface area contributed by atoms with Crippen LogP contribution >= 0.6 is 11.6 Å². The van der Waals surface area contributed by atoms with Crippen LogP contribution in [-0.4, -0.2) is 35.3 Å². The number of halogens is 2. The van der Waals surface area contributed by atoms with Gasteiger partial charge in [-0.15, -0.1) is 11.6 Å². The molecule has 0 saturated heterocycles. The monoisotopic (exact) mass is 309 g/mol. The molecular weight excluding hydrogens is 289 g/mol. The van der Waals surface area contributed by atoms with Crippen LogP contribution in [-0.2, 0) is 6.54 Å². The number of aromatic nitrogens is 1. The lowest BCUT2D eigenvalue weighted by atomic mass is 9.97. The lowest BCUT2D eigenvalue weighted by Gasteiger charge is -2.18. The minimum Gasteiger partial charge on any atom is -0.312 e. The van der Waals surface area contributed by atoms with Gasteiger partial charge in [0.05, 0.1) is 11.4 Å². The van der Waals surface area contributed by atoms with Crippen LogP contribution in [0.25, 0.3) is 0 Å². The molecule has 4 unspecified atom stereocenters. The van der Waals surface area contributed by atoms with E-state index in [0.29, 0.717) is 13.1 Å². The van der Waals surface area contributed by atoms with Crippen molar-refractivity contribution < 1.29 is 4.39 Å². The van der Waals surface area contributed by atoms with Gasteiger partial charge in [-0.05, 0) is 37.1 Å². The molecule has 1 aliphatic heterocycles. The molecule has 1 aliphatic rings. The molecule has 0 aliphatic carbocycles. The van der Waals surface area contributed by atoms with Gasteiger partial charge in [0.15, 0.2) is 0 Å². The minimum atomic E-state index is -0.931. The predicted octanol–water partition coefficient (Wildman–Crippen LogP) is 3.15. The van der Waals surface area contributed by atoms with Crippen LogP contribution in [0.5, 0.6) is 0 Å². The molecule has 21 heavy (non-hydrogen) atoms. The molecule has 2 heterocycles. The maximum Gasteiger partial charge on any atom is 0.105 e. The Bertz CT molecular complexity index is 488. The first kappa shape index (κ1) is 16.1. The summed E-state index contributed by atoms with van der Waals surface area (Å²) in [6, 6.07) is 3.94. The zero-order valence-corrected chi connectivity index (χ0v) is 13.1. The fourth-order valence-electron chi connectivity index (χ4n) is 2.32. The number of aliphatic imine (C=N–C) groups is 1. The lowest BCUT2D eigenvalue weighted by Crippen LogP contribution is -2.27. The normalized spacial score (nSPS) is 26.2. The van der Waals surface area contributed by atoms with Crippen molar-refractivity contribution >= 4 is 17.8 Å². The Labute approximate surface area is 130 Å². The molecule has 4 atom stereocenters. The first-order valence-corrected chi connectivity index (χ1v) is 7.64. The van der Waals surface area contributed by atoms with Gasteiger partial charge in [-0.25, -0.2) is 4.39 Å². The molecule has 1 N–H and O–H groups in total. The van der Waals surface area contributed by atoms with Crippen LogP contribution in [0.4, 0.5) is 4.39 Å². The van der Waals surface area contributed by atoms with E-state index in [0.717, 1.165) is 11.1 Å². The van der Waals surface area contributed by atoms with Gasteiger partial charge >= 0.3 is 0 Å². The van der Waals surface area contributed by atoms with E-state index in [9.17, 15) is 4.39 Å². The van der Waals surface area contributed by atoms with Crippen molar-refractivity contribution in [3.8, 4) is 0 Å². The molecule has 1 aromatic heterocycles. The van der Waals surface area contributed by atoms with E-state index in [2.05, 4.69) is 15.3 Å². The highest BCUT2D eigenvalue weighted by Gasteiger charge is 2.24. The smallest absolute Gasteiger partial charge is 0.105 e. The number of nitrogens with zero attached hydrogens (tertiary/aromatic N) is 2. The summed E-state index contributed by atoms with van der Waals surface area (Å²) in [5.41, 5.74) is 2.13. The van der Waals surface area contributed by atoms with Crippen molar-refractivity contribution in [3.05, 3.63) is 41.7 Å². The second-order valence-corrected chi connectivity index (χ2v) is 5.84. The maximum absolute atomic E-state index is 13.8. The van der Waals surface area contributed by atoms with Crippen molar-refractivity contribution in [2.45, 2.75) is 38.0 Å². The van der Waals surface area contributed by atoms with Crippen molar-refractivity contribution in [1.29, 1.82) is 0 Å². The summed E-state index contributed by atoms with van der Waals surface area (Å²) in [4.78, 5) is 8.24. The summed E-state index contributed by atoms with van der Waals surface area (Å²) in [7, 11) is 0. The number of alkyl halides is 2. The Balaban J connectivity index is 1.92. The van der Waals surface area contributed by atoms with E-state index in [-0.39, 0.29) is 17.3 Å². The Morgan fingerprint density at radius 1 is 1.43 bits per heavy atom. The van der Waals surface area contributed by atoms with Gasteiger partial charge in [0, 0.05) is 37.6 Å². The molecular formula is C16H21ClFN3. The second-order valence-electron chi connectivity index (χ2n) is 5.37. The van der Waals surface area contributed by atoms with Crippen molar-refractivity contribution in [2.75, 3.05) is 6.54 Å². The van der Waals surface area contributed by atoms with Gasteiger partial charge in [0.25, 0.3) is 0 Å². The molecule has 0 saturated carbocycles. The Morgan fingerprint density at radius 2 is 2.14 bits per heavy atom. The van der Waals surface area contributed by atoms with E-state index in [1.165, 1.54) is 0 Å². The van der Waals surface area contributed by atoms with E-state index in [1.54, 1.807) is 25.5 Å². The molecule has 2 rings (SSSR count). The summed E-state index contributed by atoms with van der Waals surface area (Å²) in [6.07, 6.45) is 6.24. The molecule has 0 amide bonds. The highest BCUT2D eigenvalue weighted by molar-refractivity contribution is 6.31. The van der Waals surface area contributed by atoms with Gasteiger partial charge in [-0.3, -0.25) is 9.98 Å². The number of rotatable bonds is 6. The summed E-state index contributed by atoms with van der Waals surface area (Å²) < 4.78 is 13.8. The molecule has 1 aromatic rings. The van der Waals surface area contributed by atoms with Crippen molar-refractivity contribution in [2.24, 2.45) is 10.9 Å². The number of nitrogens with one attached hydrogen (secondary N) is 1. The Morgan fingerprint density at radius 3 is 2.71 bits per heavy atom. The minimum absolute atomic E-state index is 0.0500. The third-order valence-corrected chi connectivity index (χ3v) is 4.06. The van der Waals surface area contributed by atoms with Crippen LogP contribution in [0.2, 0.25) is 0 Å². The summed E-state index contributed by atoms with van der Waals surface area (Å²) in [6.45, 7) is 4.83. The van der Waals surface area contributed by atoms with E-state index < -0.39 is 6.17 Å². The standard InChI is InChI=1S/C16H21ClFN3/c1-11(18)14(7-15-12(2)21-10-16(15)17)9-20-8-13-3-5-19-6-4-13/h3-7,10-12,14,16,20H,8-9H2,1-2H3/b15-7+. The zero-order chi connectivity index (χ0) is 15.2.